The molecule has 0 aliphatic heterocycles. The van der Waals surface area contributed by atoms with Crippen LogP contribution in [-0.4, -0.2) is 79.4 Å². The Kier molecular flexibility index (Phi) is 14.0. The molecule has 17 nitrogen and oxygen atoms in total. The van der Waals surface area contributed by atoms with Crippen molar-refractivity contribution in [2.24, 2.45) is 19.8 Å². The lowest BCUT2D eigenvalue weighted by Gasteiger charge is -2.14. The third kappa shape index (κ3) is 10.7. The molecule has 8 rings (SSSR count). The molecule has 0 aliphatic carbocycles. The Morgan fingerprint density at radius 1 is 0.672 bits per heavy atom. The van der Waals surface area contributed by atoms with Gasteiger partial charge in [-0.15, -0.1) is 0 Å². The van der Waals surface area contributed by atoms with E-state index in [1.54, 1.807) is 26.1 Å². The number of aromatic carboxylic acids is 1. The molecule has 6 heterocycles. The van der Waals surface area contributed by atoms with Crippen LogP contribution < -0.4 is 11.1 Å². The summed E-state index contributed by atoms with van der Waals surface area (Å²) in [6.07, 6.45) is 9.65. The first-order valence-corrected chi connectivity index (χ1v) is 19.3. The van der Waals surface area contributed by atoms with E-state index in [-0.39, 0.29) is 17.4 Å². The zero-order valence-electron chi connectivity index (χ0n) is 34.6. The second kappa shape index (κ2) is 19.9. The summed E-state index contributed by atoms with van der Waals surface area (Å²) in [5, 5.41) is 19.3. The van der Waals surface area contributed by atoms with E-state index in [1.165, 1.54) is 30.4 Å². The topological polar surface area (TPSA) is 232 Å². The maximum absolute atomic E-state index is 12.6. The molecule has 0 bridgehead atoms. The van der Waals surface area contributed by atoms with Gasteiger partial charge in [-0.05, 0) is 12.1 Å². The molecule has 6 aromatic heterocycles. The van der Waals surface area contributed by atoms with Crippen LogP contribution in [0.2, 0.25) is 0 Å². The molecule has 61 heavy (non-hydrogen) atoms. The molecule has 312 valence electrons. The number of benzene rings is 2. The lowest BCUT2D eigenvalue weighted by Crippen LogP contribution is -2.28. The van der Waals surface area contributed by atoms with Gasteiger partial charge in [0.15, 0.2) is 0 Å². The Bertz CT molecular complexity index is 2690. The smallest absolute Gasteiger partial charge is 0.337 e. The Hall–Kier alpha value is -7.66. The predicted molar refractivity (Wildman–Crippen MR) is 227 cm³/mol. The summed E-state index contributed by atoms with van der Waals surface area (Å²) in [5.74, 6) is 2.70. The van der Waals surface area contributed by atoms with Gasteiger partial charge in [0.25, 0.3) is 5.91 Å². The summed E-state index contributed by atoms with van der Waals surface area (Å²) in [6.45, 7) is 8.66. The largest absolute Gasteiger partial charge is 0.478 e. The van der Waals surface area contributed by atoms with Gasteiger partial charge in [0.1, 0.15) is 11.6 Å². The molecule has 0 fully saturated rings. The van der Waals surface area contributed by atoms with E-state index in [9.17, 15) is 9.59 Å². The monoisotopic (exact) mass is 822 g/mol. The number of imidazole rings is 2. The number of nitrogens with zero attached hydrogens (tertiary/aromatic N) is 10. The summed E-state index contributed by atoms with van der Waals surface area (Å²) in [4.78, 5) is 48.4. The highest BCUT2D eigenvalue weighted by Gasteiger charge is 2.17. The number of carbonyl (C=O) groups excluding carboxylic acids is 1. The average Bonchev–Trinajstić information content (AvgIpc) is 4.11. The van der Waals surface area contributed by atoms with Crippen LogP contribution >= 0.6 is 0 Å². The Morgan fingerprint density at radius 3 is 1.57 bits per heavy atom. The molecule has 1 amide bonds. The van der Waals surface area contributed by atoms with Crippen LogP contribution in [0.5, 0.6) is 0 Å². The van der Waals surface area contributed by atoms with Crippen LogP contribution in [0.1, 0.15) is 69.6 Å². The minimum atomic E-state index is -1.04. The first-order chi connectivity index (χ1) is 29.4. The predicted octanol–water partition coefficient (Wildman–Crippen LogP) is 6.66. The van der Waals surface area contributed by atoms with Gasteiger partial charge in [-0.25, -0.2) is 14.8 Å². The van der Waals surface area contributed by atoms with Crippen LogP contribution in [0.3, 0.4) is 0 Å². The average molecular weight is 823 g/mol. The molecule has 0 radical (unpaired) electrons. The van der Waals surface area contributed by atoms with Crippen molar-refractivity contribution < 1.29 is 23.7 Å². The van der Waals surface area contributed by atoms with Gasteiger partial charge in [-0.1, -0.05) is 84.8 Å². The molecule has 2 aromatic carbocycles. The van der Waals surface area contributed by atoms with Crippen molar-refractivity contribution >= 4 is 11.9 Å². The lowest BCUT2D eigenvalue weighted by molar-refractivity contribution is 0.0696. The van der Waals surface area contributed by atoms with Crippen molar-refractivity contribution in [1.82, 2.24) is 54.7 Å². The second-order valence-electron chi connectivity index (χ2n) is 14.1. The highest BCUT2D eigenvalue weighted by Crippen LogP contribution is 2.24. The Morgan fingerprint density at radius 2 is 1.13 bits per heavy atom. The van der Waals surface area contributed by atoms with E-state index in [0.717, 1.165) is 28.5 Å². The fraction of sp³-hybridized carbons (Fsp3) is 0.227. The molecule has 2 atom stereocenters. The third-order valence-corrected chi connectivity index (χ3v) is 9.60. The van der Waals surface area contributed by atoms with Gasteiger partial charge in [0.2, 0.25) is 23.4 Å². The van der Waals surface area contributed by atoms with Gasteiger partial charge in [0, 0.05) is 124 Å². The number of nitrogens with two attached hydrogens (primary N) is 1. The van der Waals surface area contributed by atoms with E-state index in [0.29, 0.717) is 59.1 Å². The number of carbonyl (C=O) groups is 2. The summed E-state index contributed by atoms with van der Waals surface area (Å²) >= 11 is 0. The molecule has 0 aliphatic rings. The number of carboxylic acids is 1. The zero-order valence-corrected chi connectivity index (χ0v) is 34.6. The second-order valence-corrected chi connectivity index (χ2v) is 14.1. The number of rotatable bonds is 11. The summed E-state index contributed by atoms with van der Waals surface area (Å²) in [7, 11) is 4.03. The highest BCUT2D eigenvalue weighted by molar-refractivity contribution is 5.94. The van der Waals surface area contributed by atoms with Gasteiger partial charge in [0.05, 0.1) is 11.1 Å². The summed E-state index contributed by atoms with van der Waals surface area (Å²) in [6, 6.07) is 23.4. The summed E-state index contributed by atoms with van der Waals surface area (Å²) in [5.41, 5.74) is 11.8. The first kappa shape index (κ1) is 42.9. The molecule has 0 saturated carbocycles. The lowest BCUT2D eigenvalue weighted by atomic mass is 10.1. The molecule has 0 saturated heterocycles. The molecular formula is C44H46N12O5. The molecule has 4 N–H and O–H groups in total. The number of hydrogen-bond donors (Lipinski definition) is 3. The normalized spacial score (nSPS) is 11.7. The standard InChI is InChI=1S/C22H22N6O2.C13H17N3.C9H7N3O3/c1-14(19-13-24-21(28(19)3)16-7-5-4-6-8-16)10-25-22(29)18-9-17(11-23-12-18)20-26-15(2)30-27-20;1-10(8-14)12-9-15-13(16(12)2)11-6-4-3-5-7-11;1-5-11-8(12-15-5)6-2-7(9(13)14)4-10-3-6/h4-9,11-14H,10H2,1-3H3,(H,25,29);3-7,9-10H,8,14H2,1-2H3;2-4H,1H3,(H,13,14). The van der Waals surface area contributed by atoms with Gasteiger partial charge >= 0.3 is 5.97 Å². The highest BCUT2D eigenvalue weighted by atomic mass is 16.5. The number of pyridine rings is 2. The SMILES string of the molecule is CC(CN)c1cnc(-c2ccccc2)n1C.Cc1nc(-c2cncc(C(=O)NCC(C)c3cnc(-c4ccccc4)n3C)c2)no1.Cc1nc(-c2cncc(C(=O)O)c2)no1. The van der Waals surface area contributed by atoms with Crippen LogP contribution in [0.25, 0.3) is 45.6 Å². The first-order valence-electron chi connectivity index (χ1n) is 19.3. The van der Waals surface area contributed by atoms with E-state index < -0.39 is 5.97 Å². The van der Waals surface area contributed by atoms with Crippen LogP contribution in [-0.2, 0) is 14.1 Å². The number of nitrogens with one attached hydrogen (secondary N) is 1. The van der Waals surface area contributed by atoms with E-state index in [1.807, 2.05) is 75.0 Å². The number of hydrogen-bond acceptors (Lipinski definition) is 13. The Labute approximate surface area is 351 Å². The van der Waals surface area contributed by atoms with Gasteiger partial charge in [-0.3, -0.25) is 14.8 Å². The fourth-order valence-corrected chi connectivity index (χ4v) is 6.24. The van der Waals surface area contributed by atoms with E-state index >= 15 is 0 Å². The van der Waals surface area contributed by atoms with Crippen molar-refractivity contribution in [3.63, 3.8) is 0 Å². The third-order valence-electron chi connectivity index (χ3n) is 9.60. The minimum absolute atomic E-state index is 0.0833. The van der Waals surface area contributed by atoms with Crippen LogP contribution in [0, 0.1) is 13.8 Å². The van der Waals surface area contributed by atoms with Crippen molar-refractivity contribution in [2.75, 3.05) is 13.1 Å². The number of aromatic nitrogens is 10. The van der Waals surface area contributed by atoms with E-state index in [2.05, 4.69) is 80.6 Å². The maximum atomic E-state index is 12.6. The molecular weight excluding hydrogens is 777 g/mol. The number of amides is 1. The number of carboxylic acid groups (broad SMARTS) is 1. The van der Waals surface area contributed by atoms with Gasteiger partial charge < -0.3 is 34.3 Å². The fourth-order valence-electron chi connectivity index (χ4n) is 6.24. The summed E-state index contributed by atoms with van der Waals surface area (Å²) < 4.78 is 14.0. The van der Waals surface area contributed by atoms with Crippen molar-refractivity contribution in [2.45, 2.75) is 39.5 Å². The van der Waals surface area contributed by atoms with Gasteiger partial charge in [-0.2, -0.15) is 9.97 Å². The molecule has 8 aromatic rings. The van der Waals surface area contributed by atoms with Crippen molar-refractivity contribution in [3.05, 3.63) is 144 Å². The molecule has 2 unspecified atom stereocenters. The Balaban J connectivity index is 0.000000169. The molecule has 17 heteroatoms. The zero-order chi connectivity index (χ0) is 43.5. The van der Waals surface area contributed by atoms with Crippen molar-refractivity contribution in [3.8, 4) is 45.6 Å². The van der Waals surface area contributed by atoms with Crippen LogP contribution in [0.15, 0.2) is 119 Å². The number of aryl methyl sites for hydroxylation is 2. The van der Waals surface area contributed by atoms with Crippen molar-refractivity contribution in [1.29, 1.82) is 0 Å². The minimum Gasteiger partial charge on any atom is -0.478 e. The van der Waals surface area contributed by atoms with E-state index in [4.69, 9.17) is 19.9 Å². The van der Waals surface area contributed by atoms with Crippen LogP contribution in [0.4, 0.5) is 0 Å². The maximum Gasteiger partial charge on any atom is 0.337 e. The quantitative estimate of drug-likeness (QED) is 0.124. The molecule has 0 spiro atoms.